The molecule has 3 nitrogen and oxygen atoms in total. The highest BCUT2D eigenvalue weighted by atomic mass is 31.1. The van der Waals surface area contributed by atoms with E-state index >= 15 is 0 Å². The minimum Gasteiger partial charge on any atom is -0.507 e. The molecule has 0 heterocycles. The lowest BCUT2D eigenvalue weighted by molar-refractivity contribution is 0.476. The summed E-state index contributed by atoms with van der Waals surface area (Å²) in [5.74, 6) is 1.05. The van der Waals surface area contributed by atoms with Crippen LogP contribution in [0, 0.1) is 27.7 Å². The number of aryl methyl sites for hydroxylation is 2. The molecule has 162 valence electrons. The highest BCUT2D eigenvalue weighted by Gasteiger charge is 2.20. The predicted octanol–water partition coefficient (Wildman–Crippen LogP) is 8.02. The van der Waals surface area contributed by atoms with E-state index in [0.29, 0.717) is 0 Å². The van der Waals surface area contributed by atoms with Crippen LogP contribution in [0.4, 0.5) is 11.4 Å². The van der Waals surface area contributed by atoms with Crippen LogP contribution in [0.25, 0.3) is 11.1 Å². The fourth-order valence-electron chi connectivity index (χ4n) is 3.81. The molecule has 1 N–H and O–H groups in total. The van der Waals surface area contributed by atoms with E-state index in [1.54, 1.807) is 6.07 Å². The molecule has 1 unspecified atom stereocenters. The van der Waals surface area contributed by atoms with Crippen LogP contribution in [0.15, 0.2) is 84.9 Å². The van der Waals surface area contributed by atoms with E-state index in [4.69, 9.17) is 4.52 Å². The molecule has 0 radical (unpaired) electrons. The molecule has 4 aromatic carbocycles. The highest BCUT2D eigenvalue weighted by molar-refractivity contribution is 7.35. The number of para-hydroxylation sites is 2. The van der Waals surface area contributed by atoms with Crippen LogP contribution in [0.3, 0.4) is 0 Å². The third kappa shape index (κ3) is 4.35. The monoisotopic (exact) mass is 441 g/mol. The summed E-state index contributed by atoms with van der Waals surface area (Å²) in [6.07, 6.45) is 0. The van der Waals surface area contributed by atoms with Gasteiger partial charge in [0.25, 0.3) is 0 Å². The van der Waals surface area contributed by atoms with Crippen LogP contribution < -0.4 is 9.19 Å². The van der Waals surface area contributed by atoms with Gasteiger partial charge >= 0.3 is 0 Å². The van der Waals surface area contributed by atoms with Crippen molar-refractivity contribution in [3.05, 3.63) is 107 Å². The van der Waals surface area contributed by atoms with E-state index in [1.165, 1.54) is 5.56 Å². The van der Waals surface area contributed by atoms with Gasteiger partial charge in [-0.05, 0) is 86.3 Å². The number of aromatic hydroxyl groups is 1. The maximum Gasteiger partial charge on any atom is 0.182 e. The van der Waals surface area contributed by atoms with Gasteiger partial charge in [-0.25, -0.2) is 0 Å². The number of hydrogen-bond donors (Lipinski definition) is 1. The molecule has 0 aliphatic rings. The summed E-state index contributed by atoms with van der Waals surface area (Å²) in [4.78, 5) is 0. The van der Waals surface area contributed by atoms with Crippen LogP contribution in [0.1, 0.15) is 22.3 Å². The van der Waals surface area contributed by atoms with Crippen molar-refractivity contribution < 1.29 is 9.63 Å². The minimum absolute atomic E-state index is 0.0326. The highest BCUT2D eigenvalue weighted by Crippen LogP contribution is 2.45. The van der Waals surface area contributed by atoms with E-state index in [1.807, 2.05) is 48.5 Å². The number of rotatable bonds is 6. The summed E-state index contributed by atoms with van der Waals surface area (Å²) in [5, 5.41) is 10.8. The smallest absolute Gasteiger partial charge is 0.182 e. The summed E-state index contributed by atoms with van der Waals surface area (Å²) in [6.45, 7) is 8.30. The Morgan fingerprint density at radius 2 is 1.12 bits per heavy atom. The lowest BCUT2D eigenvalue weighted by atomic mass is 9.90. The number of benzene rings is 4. The zero-order valence-electron chi connectivity index (χ0n) is 18.9. The van der Waals surface area contributed by atoms with E-state index in [9.17, 15) is 5.11 Å². The van der Waals surface area contributed by atoms with Gasteiger partial charge in [0.15, 0.2) is 8.96 Å². The van der Waals surface area contributed by atoms with Crippen LogP contribution in [-0.4, -0.2) is 5.11 Å². The predicted molar refractivity (Wildman–Crippen MR) is 136 cm³/mol. The summed E-state index contributed by atoms with van der Waals surface area (Å²) in [5.41, 5.74) is 8.42. The molecular weight excluding hydrogens is 413 g/mol. The van der Waals surface area contributed by atoms with Crippen molar-refractivity contribution in [2.45, 2.75) is 27.7 Å². The molecule has 0 saturated carbocycles. The molecule has 4 heteroatoms. The topological polar surface area (TPSA) is 32.7 Å². The molecule has 0 amide bonds. The Morgan fingerprint density at radius 3 is 1.69 bits per heavy atom. The molecule has 4 aromatic rings. The van der Waals surface area contributed by atoms with Gasteiger partial charge in [0.2, 0.25) is 0 Å². The quantitative estimate of drug-likeness (QED) is 0.308. The van der Waals surface area contributed by atoms with Gasteiger partial charge in [0, 0.05) is 22.5 Å². The van der Waals surface area contributed by atoms with Crippen molar-refractivity contribution in [2.24, 2.45) is 0 Å². The van der Waals surface area contributed by atoms with E-state index < -0.39 is 0 Å². The summed E-state index contributed by atoms with van der Waals surface area (Å²) < 4.78 is 8.66. The van der Waals surface area contributed by atoms with Gasteiger partial charge in [0.1, 0.15) is 11.5 Å². The van der Waals surface area contributed by atoms with Gasteiger partial charge in [-0.15, -0.1) is 0 Å². The fraction of sp³-hybridized carbons (Fsp3) is 0.143. The lowest BCUT2D eigenvalue weighted by Crippen LogP contribution is -2.07. The van der Waals surface area contributed by atoms with Gasteiger partial charge in [0.05, 0.1) is 0 Å². The van der Waals surface area contributed by atoms with Crippen LogP contribution >= 0.6 is 8.96 Å². The first-order valence-corrected chi connectivity index (χ1v) is 11.6. The van der Waals surface area contributed by atoms with Crippen molar-refractivity contribution in [1.82, 2.24) is 0 Å². The Bertz CT molecular complexity index is 1180. The van der Waals surface area contributed by atoms with Crippen LogP contribution in [0.2, 0.25) is 0 Å². The van der Waals surface area contributed by atoms with Crippen molar-refractivity contribution in [2.75, 3.05) is 4.67 Å². The zero-order chi connectivity index (χ0) is 22.7. The number of nitrogens with zero attached hydrogens (tertiary/aromatic N) is 1. The Labute approximate surface area is 192 Å². The maximum atomic E-state index is 10.8. The van der Waals surface area contributed by atoms with Crippen LogP contribution in [0.5, 0.6) is 11.5 Å². The Balaban J connectivity index is 1.77. The zero-order valence-corrected chi connectivity index (χ0v) is 19.9. The first-order chi connectivity index (χ1) is 15.5. The summed E-state index contributed by atoms with van der Waals surface area (Å²) in [6, 6.07) is 28.3. The average Bonchev–Trinajstić information content (AvgIpc) is 2.82. The van der Waals surface area contributed by atoms with Gasteiger partial charge in [-0.2, -0.15) is 0 Å². The Hall–Kier alpha value is -3.29. The lowest BCUT2D eigenvalue weighted by Gasteiger charge is -2.26. The molecule has 1 atom stereocenters. The normalized spacial score (nSPS) is 11.1. The van der Waals surface area contributed by atoms with Gasteiger partial charge < -0.3 is 9.63 Å². The van der Waals surface area contributed by atoms with Crippen LogP contribution in [-0.2, 0) is 0 Å². The maximum absolute atomic E-state index is 10.8. The minimum atomic E-state index is 0.0326. The molecule has 0 spiro atoms. The molecular formula is C28H28NO2P. The second-order valence-electron chi connectivity index (χ2n) is 7.98. The molecule has 32 heavy (non-hydrogen) atoms. The van der Waals surface area contributed by atoms with Gasteiger partial charge in [-0.3, -0.25) is 4.67 Å². The number of anilines is 2. The van der Waals surface area contributed by atoms with Crippen molar-refractivity contribution in [3.63, 3.8) is 0 Å². The third-order valence-electron chi connectivity index (χ3n) is 5.94. The number of phenols is 1. The molecule has 0 aliphatic carbocycles. The third-order valence-corrected chi connectivity index (χ3v) is 6.95. The van der Waals surface area contributed by atoms with E-state index in [2.05, 4.69) is 62.7 Å². The fourth-order valence-corrected chi connectivity index (χ4v) is 4.68. The molecule has 4 rings (SSSR count). The second-order valence-corrected chi connectivity index (χ2v) is 8.82. The second kappa shape index (κ2) is 9.46. The SMILES string of the molecule is Cc1ccc(O)c(-c2c(OPN(c3ccccc3)c3ccccc3)ccc(C)c2C)c1C. The Kier molecular flexibility index (Phi) is 6.48. The molecule has 0 saturated heterocycles. The average molecular weight is 442 g/mol. The Morgan fingerprint density at radius 1 is 0.625 bits per heavy atom. The molecule has 0 fully saturated rings. The first-order valence-electron chi connectivity index (χ1n) is 10.7. The summed E-state index contributed by atoms with van der Waals surface area (Å²) in [7, 11) is 0.0326. The molecule has 0 aromatic heterocycles. The standard InChI is InChI=1S/C28H28NO2P/c1-19-15-17-25(30)27(21(19)3)28-22(4)20(2)16-18-26(28)31-32-29(23-11-7-5-8-12-23)24-13-9-6-10-14-24/h5-18,30,32H,1-4H3. The summed E-state index contributed by atoms with van der Waals surface area (Å²) >= 11 is 0. The number of hydrogen-bond acceptors (Lipinski definition) is 3. The number of phenolic OH excluding ortho intramolecular Hbond substituents is 1. The molecule has 0 bridgehead atoms. The van der Waals surface area contributed by atoms with E-state index in [-0.39, 0.29) is 14.7 Å². The van der Waals surface area contributed by atoms with Crippen molar-refractivity contribution >= 4 is 20.3 Å². The largest absolute Gasteiger partial charge is 0.507 e. The van der Waals surface area contributed by atoms with Crippen molar-refractivity contribution in [3.8, 4) is 22.6 Å². The first kappa shape index (κ1) is 21.9. The van der Waals surface area contributed by atoms with E-state index in [0.717, 1.165) is 44.9 Å². The molecule has 0 aliphatic heterocycles. The van der Waals surface area contributed by atoms with Crippen molar-refractivity contribution in [1.29, 1.82) is 0 Å². The van der Waals surface area contributed by atoms with Gasteiger partial charge in [-0.1, -0.05) is 48.5 Å².